The van der Waals surface area contributed by atoms with E-state index in [1.54, 1.807) is 6.92 Å². The number of aromatic nitrogens is 2. The average Bonchev–Trinajstić information content (AvgIpc) is 3.00. The molecule has 9 heteroatoms. The van der Waals surface area contributed by atoms with Gasteiger partial charge in [-0.05, 0) is 25.8 Å². The summed E-state index contributed by atoms with van der Waals surface area (Å²) in [7, 11) is 0. The van der Waals surface area contributed by atoms with Gasteiger partial charge in [0.25, 0.3) is 0 Å². The third-order valence-electron chi connectivity index (χ3n) is 4.39. The topological polar surface area (TPSA) is 96.8 Å². The lowest BCUT2D eigenvalue weighted by Gasteiger charge is -2.25. The van der Waals surface area contributed by atoms with Gasteiger partial charge < -0.3 is 19.9 Å². The second kappa shape index (κ2) is 9.41. The smallest absolute Gasteiger partial charge is 0.348 e. The van der Waals surface area contributed by atoms with Gasteiger partial charge in [-0.3, -0.25) is 4.90 Å². The molecule has 0 aliphatic carbocycles. The lowest BCUT2D eigenvalue weighted by molar-refractivity contribution is 0.0331. The lowest BCUT2D eigenvalue weighted by atomic mass is 10.2. The highest BCUT2D eigenvalue weighted by atomic mass is 32.1. The van der Waals surface area contributed by atoms with Crippen molar-refractivity contribution in [2.45, 2.75) is 26.8 Å². The van der Waals surface area contributed by atoms with Crippen LogP contribution in [0.3, 0.4) is 0 Å². The molecule has 1 aliphatic rings. The summed E-state index contributed by atoms with van der Waals surface area (Å²) < 4.78 is 10.6. The maximum absolute atomic E-state index is 12.3. The number of nitrogens with one attached hydrogen (secondary N) is 1. The van der Waals surface area contributed by atoms with E-state index in [0.717, 1.165) is 42.1 Å². The van der Waals surface area contributed by atoms with Crippen LogP contribution in [0.5, 0.6) is 0 Å². The van der Waals surface area contributed by atoms with E-state index in [1.165, 1.54) is 11.3 Å². The Morgan fingerprint density at radius 1 is 1.37 bits per heavy atom. The molecule has 3 rings (SSSR count). The summed E-state index contributed by atoms with van der Waals surface area (Å²) in [5.74, 6) is 1.10. The Kier molecular flexibility index (Phi) is 6.95. The van der Waals surface area contributed by atoms with E-state index in [1.807, 2.05) is 6.92 Å². The number of ether oxygens (including phenoxy) is 2. The van der Waals surface area contributed by atoms with Crippen LogP contribution >= 0.6 is 11.3 Å². The summed E-state index contributed by atoms with van der Waals surface area (Å²) in [5.41, 5.74) is 0.831. The minimum absolute atomic E-state index is 0.110. The van der Waals surface area contributed by atoms with E-state index >= 15 is 0 Å². The molecule has 1 fully saturated rings. The fourth-order valence-electron chi connectivity index (χ4n) is 3.02. The quantitative estimate of drug-likeness (QED) is 0.517. The number of aliphatic hydroxyl groups is 1. The van der Waals surface area contributed by atoms with Crippen molar-refractivity contribution in [3.8, 4) is 0 Å². The number of hydrogen-bond acceptors (Lipinski definition) is 9. The Bertz CT molecular complexity index is 789. The van der Waals surface area contributed by atoms with Crippen molar-refractivity contribution in [2.75, 3.05) is 51.4 Å². The summed E-state index contributed by atoms with van der Waals surface area (Å²) >= 11 is 1.34. The minimum Gasteiger partial charge on any atom is -0.462 e. The fraction of sp³-hybridized carbons (Fsp3) is 0.611. The lowest BCUT2D eigenvalue weighted by Crippen LogP contribution is -2.36. The molecule has 0 amide bonds. The molecule has 1 saturated heterocycles. The van der Waals surface area contributed by atoms with Crippen molar-refractivity contribution in [2.24, 2.45) is 0 Å². The number of rotatable bonds is 8. The number of esters is 1. The Hall–Kier alpha value is -1.81. The third-order valence-corrected chi connectivity index (χ3v) is 5.56. The van der Waals surface area contributed by atoms with Gasteiger partial charge in [0.15, 0.2) is 0 Å². The zero-order chi connectivity index (χ0) is 19.2. The van der Waals surface area contributed by atoms with Crippen LogP contribution in [0.25, 0.3) is 10.2 Å². The van der Waals surface area contributed by atoms with Crippen LogP contribution in [-0.2, 0) is 16.0 Å². The van der Waals surface area contributed by atoms with Crippen molar-refractivity contribution in [3.63, 3.8) is 0 Å². The molecule has 2 aromatic rings. The molecule has 8 nitrogen and oxygen atoms in total. The molecule has 3 heterocycles. The third kappa shape index (κ3) is 4.73. The number of aryl methyl sites for hydroxylation is 1. The number of thiophene rings is 1. The van der Waals surface area contributed by atoms with Crippen molar-refractivity contribution in [3.05, 3.63) is 16.3 Å². The first-order chi connectivity index (χ1) is 13.1. The first kappa shape index (κ1) is 19.9. The zero-order valence-corrected chi connectivity index (χ0v) is 16.6. The second-order valence-corrected chi connectivity index (χ2v) is 7.34. The molecule has 0 spiro atoms. The molecule has 0 bridgehead atoms. The maximum Gasteiger partial charge on any atom is 0.348 e. The number of morpholine rings is 1. The highest BCUT2D eigenvalue weighted by molar-refractivity contribution is 7.20. The number of nitrogens with zero attached hydrogens (tertiary/aromatic N) is 3. The van der Waals surface area contributed by atoms with Gasteiger partial charge in [0.05, 0.1) is 31.8 Å². The van der Waals surface area contributed by atoms with Gasteiger partial charge in [-0.15, -0.1) is 11.3 Å². The Morgan fingerprint density at radius 3 is 2.85 bits per heavy atom. The number of anilines is 1. The molecule has 148 valence electrons. The highest BCUT2D eigenvalue weighted by Crippen LogP contribution is 2.34. The monoisotopic (exact) mass is 394 g/mol. The van der Waals surface area contributed by atoms with Crippen LogP contribution in [0.2, 0.25) is 0 Å². The fourth-order valence-corrected chi connectivity index (χ4v) is 4.11. The van der Waals surface area contributed by atoms with Gasteiger partial charge in [0, 0.05) is 26.2 Å². The van der Waals surface area contributed by atoms with Crippen molar-refractivity contribution in [1.29, 1.82) is 0 Å². The first-order valence-corrected chi connectivity index (χ1v) is 10.1. The SMILES string of the molecule is CCOC(=O)c1sc2nc(CN3CCOCC3)nc(NCCCO)c2c1C. The molecular weight excluding hydrogens is 368 g/mol. The van der Waals surface area contributed by atoms with E-state index in [4.69, 9.17) is 24.5 Å². The molecular formula is C18H26N4O4S. The van der Waals surface area contributed by atoms with Crippen LogP contribution in [0.1, 0.15) is 34.4 Å². The summed E-state index contributed by atoms with van der Waals surface area (Å²) in [6.45, 7) is 8.52. The number of fused-ring (bicyclic) bond motifs is 1. The van der Waals surface area contributed by atoms with E-state index in [-0.39, 0.29) is 12.6 Å². The number of hydrogen-bond donors (Lipinski definition) is 2. The number of aliphatic hydroxyl groups excluding tert-OH is 1. The predicted molar refractivity (Wildman–Crippen MR) is 104 cm³/mol. The first-order valence-electron chi connectivity index (χ1n) is 9.26. The Labute approximate surface area is 162 Å². The molecule has 0 saturated carbocycles. The molecule has 0 unspecified atom stereocenters. The van der Waals surface area contributed by atoms with E-state index in [9.17, 15) is 4.79 Å². The maximum atomic E-state index is 12.3. The van der Waals surface area contributed by atoms with Gasteiger partial charge in [0.2, 0.25) is 0 Å². The van der Waals surface area contributed by atoms with Crippen LogP contribution in [-0.4, -0.2) is 72.0 Å². The number of carbonyl (C=O) groups is 1. The summed E-state index contributed by atoms with van der Waals surface area (Å²) in [4.78, 5) is 25.3. The van der Waals surface area contributed by atoms with E-state index < -0.39 is 0 Å². The minimum atomic E-state index is -0.325. The number of carbonyl (C=O) groups excluding carboxylic acids is 1. The van der Waals surface area contributed by atoms with Gasteiger partial charge >= 0.3 is 5.97 Å². The van der Waals surface area contributed by atoms with Gasteiger partial charge in [-0.2, -0.15) is 0 Å². The molecule has 1 aliphatic heterocycles. The van der Waals surface area contributed by atoms with E-state index in [0.29, 0.717) is 42.6 Å². The van der Waals surface area contributed by atoms with Crippen LogP contribution in [0, 0.1) is 6.92 Å². The molecule has 2 N–H and O–H groups in total. The van der Waals surface area contributed by atoms with Crippen molar-refractivity contribution in [1.82, 2.24) is 14.9 Å². The highest BCUT2D eigenvalue weighted by Gasteiger charge is 2.22. The largest absolute Gasteiger partial charge is 0.462 e. The normalized spacial score (nSPS) is 15.2. The van der Waals surface area contributed by atoms with E-state index in [2.05, 4.69) is 10.2 Å². The molecule has 0 aromatic carbocycles. The van der Waals surface area contributed by atoms with Crippen molar-refractivity contribution < 1.29 is 19.4 Å². The Balaban J connectivity index is 1.95. The molecule has 2 aromatic heterocycles. The van der Waals surface area contributed by atoms with Crippen LogP contribution in [0.15, 0.2) is 0 Å². The molecule has 0 atom stereocenters. The van der Waals surface area contributed by atoms with Gasteiger partial charge in [-0.1, -0.05) is 0 Å². The van der Waals surface area contributed by atoms with Crippen LogP contribution in [0.4, 0.5) is 5.82 Å². The Morgan fingerprint density at radius 2 is 2.15 bits per heavy atom. The zero-order valence-electron chi connectivity index (χ0n) is 15.8. The standard InChI is InChI=1S/C18H26N4O4S/c1-3-26-18(24)15-12(2)14-16(19-5-4-8-23)20-13(21-17(14)27-15)11-22-6-9-25-10-7-22/h23H,3-11H2,1-2H3,(H,19,20,21). The summed E-state index contributed by atoms with van der Waals surface area (Å²) in [6, 6.07) is 0. The second-order valence-electron chi connectivity index (χ2n) is 6.34. The summed E-state index contributed by atoms with van der Waals surface area (Å²) in [5, 5.41) is 13.2. The van der Waals surface area contributed by atoms with Gasteiger partial charge in [-0.25, -0.2) is 14.8 Å². The predicted octanol–water partition coefficient (Wildman–Crippen LogP) is 1.80. The van der Waals surface area contributed by atoms with Crippen molar-refractivity contribution >= 4 is 33.3 Å². The summed E-state index contributed by atoms with van der Waals surface area (Å²) in [6.07, 6.45) is 0.623. The van der Waals surface area contributed by atoms with Crippen LogP contribution < -0.4 is 5.32 Å². The van der Waals surface area contributed by atoms with Gasteiger partial charge in [0.1, 0.15) is 21.3 Å². The molecule has 27 heavy (non-hydrogen) atoms. The average molecular weight is 394 g/mol. The molecule has 0 radical (unpaired) electrons.